The van der Waals surface area contributed by atoms with E-state index in [4.69, 9.17) is 10.5 Å². The minimum atomic E-state index is 0.150. The van der Waals surface area contributed by atoms with Crippen molar-refractivity contribution in [2.75, 3.05) is 5.73 Å². The van der Waals surface area contributed by atoms with Crippen molar-refractivity contribution >= 4 is 37.5 Å². The number of hydrogen-bond acceptors (Lipinski definition) is 2. The summed E-state index contributed by atoms with van der Waals surface area (Å²) in [5.41, 5.74) is 6.40. The van der Waals surface area contributed by atoms with Gasteiger partial charge in [-0.05, 0) is 51.8 Å². The van der Waals surface area contributed by atoms with Gasteiger partial charge in [-0.1, -0.05) is 0 Å². The molecule has 0 heterocycles. The van der Waals surface area contributed by atoms with E-state index in [1.165, 1.54) is 0 Å². The summed E-state index contributed by atoms with van der Waals surface area (Å²) in [6, 6.07) is 3.68. The van der Waals surface area contributed by atoms with Gasteiger partial charge in [0.2, 0.25) is 0 Å². The van der Waals surface area contributed by atoms with Crippen LogP contribution in [0, 0.1) is 0 Å². The van der Waals surface area contributed by atoms with Crippen LogP contribution in [-0.4, -0.2) is 6.10 Å². The molecule has 0 aliphatic rings. The zero-order valence-corrected chi connectivity index (χ0v) is 10.6. The summed E-state index contributed by atoms with van der Waals surface area (Å²) in [7, 11) is 0. The van der Waals surface area contributed by atoms with Gasteiger partial charge >= 0.3 is 0 Å². The van der Waals surface area contributed by atoms with Crippen molar-refractivity contribution in [1.29, 1.82) is 0 Å². The first-order valence-electron chi connectivity index (χ1n) is 3.92. The lowest BCUT2D eigenvalue weighted by Crippen LogP contribution is -2.06. The molecule has 1 aromatic rings. The summed E-state index contributed by atoms with van der Waals surface area (Å²) in [6.07, 6.45) is 0.150. The van der Waals surface area contributed by atoms with Crippen molar-refractivity contribution in [3.05, 3.63) is 21.1 Å². The number of rotatable bonds is 2. The summed E-state index contributed by atoms with van der Waals surface area (Å²) < 4.78 is 7.31. The third-order valence-corrected chi connectivity index (χ3v) is 2.72. The lowest BCUT2D eigenvalue weighted by atomic mass is 10.3. The SMILES string of the molecule is CC(C)Oc1cc(N)c(Br)cc1Br. The first kappa shape index (κ1) is 10.9. The van der Waals surface area contributed by atoms with Gasteiger partial charge in [0.05, 0.1) is 10.6 Å². The van der Waals surface area contributed by atoms with Gasteiger partial charge < -0.3 is 10.5 Å². The maximum atomic E-state index is 5.72. The van der Waals surface area contributed by atoms with Crippen LogP contribution in [0.15, 0.2) is 21.1 Å². The van der Waals surface area contributed by atoms with Crippen LogP contribution in [0.4, 0.5) is 5.69 Å². The number of hydrogen-bond donors (Lipinski definition) is 1. The molecule has 0 atom stereocenters. The Morgan fingerprint density at radius 2 is 1.85 bits per heavy atom. The van der Waals surface area contributed by atoms with Gasteiger partial charge in [0.25, 0.3) is 0 Å². The number of ether oxygens (including phenoxy) is 1. The molecule has 0 unspecified atom stereocenters. The summed E-state index contributed by atoms with van der Waals surface area (Å²) in [5, 5.41) is 0. The number of halogens is 2. The van der Waals surface area contributed by atoms with Gasteiger partial charge in [-0.25, -0.2) is 0 Å². The molecule has 4 heteroatoms. The zero-order chi connectivity index (χ0) is 10.0. The van der Waals surface area contributed by atoms with E-state index in [1.807, 2.05) is 19.9 Å². The number of anilines is 1. The Morgan fingerprint density at radius 3 is 2.38 bits per heavy atom. The summed E-state index contributed by atoms with van der Waals surface area (Å²) in [6.45, 7) is 3.95. The second-order valence-electron chi connectivity index (χ2n) is 2.97. The minimum Gasteiger partial charge on any atom is -0.490 e. The van der Waals surface area contributed by atoms with Crippen molar-refractivity contribution in [1.82, 2.24) is 0 Å². The lowest BCUT2D eigenvalue weighted by molar-refractivity contribution is 0.241. The second kappa shape index (κ2) is 4.33. The Kier molecular flexibility index (Phi) is 3.62. The van der Waals surface area contributed by atoms with Crippen LogP contribution in [0.5, 0.6) is 5.75 Å². The molecule has 0 radical (unpaired) electrons. The Balaban J connectivity index is 3.01. The van der Waals surface area contributed by atoms with E-state index in [0.717, 1.165) is 14.7 Å². The number of nitrogen functional groups attached to an aromatic ring is 1. The summed E-state index contributed by atoms with van der Waals surface area (Å²) >= 11 is 6.74. The van der Waals surface area contributed by atoms with E-state index in [1.54, 1.807) is 6.07 Å². The van der Waals surface area contributed by atoms with Gasteiger partial charge in [-0.2, -0.15) is 0 Å². The Labute approximate surface area is 94.7 Å². The molecular weight excluding hydrogens is 298 g/mol. The van der Waals surface area contributed by atoms with Crippen molar-refractivity contribution in [3.63, 3.8) is 0 Å². The molecule has 0 saturated carbocycles. The average molecular weight is 309 g/mol. The predicted octanol–water partition coefficient (Wildman–Crippen LogP) is 3.58. The molecule has 2 nitrogen and oxygen atoms in total. The molecule has 0 aromatic heterocycles. The van der Waals surface area contributed by atoms with Crippen LogP contribution in [0.1, 0.15) is 13.8 Å². The van der Waals surface area contributed by atoms with Crippen molar-refractivity contribution < 1.29 is 4.74 Å². The smallest absolute Gasteiger partial charge is 0.135 e. The van der Waals surface area contributed by atoms with E-state index in [9.17, 15) is 0 Å². The fraction of sp³-hybridized carbons (Fsp3) is 0.333. The Bertz CT molecular complexity index is 313. The molecular formula is C9H11Br2NO. The number of nitrogens with two attached hydrogens (primary N) is 1. The van der Waals surface area contributed by atoms with Gasteiger partial charge in [0, 0.05) is 16.2 Å². The highest BCUT2D eigenvalue weighted by Crippen LogP contribution is 2.33. The fourth-order valence-electron chi connectivity index (χ4n) is 0.889. The zero-order valence-electron chi connectivity index (χ0n) is 7.47. The monoisotopic (exact) mass is 307 g/mol. The van der Waals surface area contributed by atoms with E-state index in [-0.39, 0.29) is 6.10 Å². The molecule has 0 aliphatic carbocycles. The fourth-order valence-corrected chi connectivity index (χ4v) is 1.98. The predicted molar refractivity (Wildman–Crippen MR) is 62.0 cm³/mol. The van der Waals surface area contributed by atoms with Gasteiger partial charge in [-0.15, -0.1) is 0 Å². The van der Waals surface area contributed by atoms with Crippen molar-refractivity contribution in [2.45, 2.75) is 20.0 Å². The highest BCUT2D eigenvalue weighted by molar-refractivity contribution is 9.11. The lowest BCUT2D eigenvalue weighted by Gasteiger charge is -2.12. The van der Waals surface area contributed by atoms with Crippen LogP contribution in [0.2, 0.25) is 0 Å². The molecule has 0 spiro atoms. The number of benzene rings is 1. The highest BCUT2D eigenvalue weighted by atomic mass is 79.9. The first-order chi connectivity index (χ1) is 6.00. The molecule has 1 rings (SSSR count). The van der Waals surface area contributed by atoms with Crippen LogP contribution >= 0.6 is 31.9 Å². The average Bonchev–Trinajstić information content (AvgIpc) is 1.99. The van der Waals surface area contributed by atoms with E-state index >= 15 is 0 Å². The van der Waals surface area contributed by atoms with Gasteiger partial charge in [0.1, 0.15) is 5.75 Å². The standard InChI is InChI=1S/C9H11Br2NO/c1-5(2)13-9-4-8(12)6(10)3-7(9)11/h3-5H,12H2,1-2H3. The van der Waals surface area contributed by atoms with Gasteiger partial charge in [0.15, 0.2) is 0 Å². The Hall–Kier alpha value is -0.220. The molecule has 72 valence electrons. The van der Waals surface area contributed by atoms with Crippen molar-refractivity contribution in [2.24, 2.45) is 0 Å². The Morgan fingerprint density at radius 1 is 1.23 bits per heavy atom. The van der Waals surface area contributed by atoms with Crippen LogP contribution in [-0.2, 0) is 0 Å². The third-order valence-electron chi connectivity index (χ3n) is 1.41. The third kappa shape index (κ3) is 2.88. The molecule has 0 fully saturated rings. The molecule has 13 heavy (non-hydrogen) atoms. The van der Waals surface area contributed by atoms with E-state index in [0.29, 0.717) is 5.69 Å². The molecule has 0 aliphatic heterocycles. The normalized spacial score (nSPS) is 10.5. The molecule has 1 aromatic carbocycles. The van der Waals surface area contributed by atoms with Crippen molar-refractivity contribution in [3.8, 4) is 5.75 Å². The maximum Gasteiger partial charge on any atom is 0.135 e. The quantitative estimate of drug-likeness (QED) is 0.848. The summed E-state index contributed by atoms with van der Waals surface area (Å²) in [5.74, 6) is 0.774. The largest absolute Gasteiger partial charge is 0.490 e. The van der Waals surface area contributed by atoms with E-state index in [2.05, 4.69) is 31.9 Å². The van der Waals surface area contributed by atoms with Crippen LogP contribution in [0.3, 0.4) is 0 Å². The molecule has 0 bridgehead atoms. The molecule has 0 amide bonds. The van der Waals surface area contributed by atoms with Crippen LogP contribution < -0.4 is 10.5 Å². The first-order valence-corrected chi connectivity index (χ1v) is 5.50. The van der Waals surface area contributed by atoms with Gasteiger partial charge in [-0.3, -0.25) is 0 Å². The van der Waals surface area contributed by atoms with E-state index < -0.39 is 0 Å². The minimum absolute atomic E-state index is 0.150. The molecule has 2 N–H and O–H groups in total. The topological polar surface area (TPSA) is 35.2 Å². The maximum absolute atomic E-state index is 5.72. The highest BCUT2D eigenvalue weighted by Gasteiger charge is 2.06. The second-order valence-corrected chi connectivity index (χ2v) is 4.68. The van der Waals surface area contributed by atoms with Crippen LogP contribution in [0.25, 0.3) is 0 Å². The summed E-state index contributed by atoms with van der Waals surface area (Å²) in [4.78, 5) is 0. The molecule has 0 saturated heterocycles.